The first-order chi connectivity index (χ1) is 6.99. The molecule has 6 nitrogen and oxygen atoms in total. The summed E-state index contributed by atoms with van der Waals surface area (Å²) in [6.07, 6.45) is 3.34. The van der Waals surface area contributed by atoms with E-state index in [1.54, 1.807) is 0 Å². The minimum atomic E-state index is -0.579. The van der Waals surface area contributed by atoms with Gasteiger partial charge in [0.15, 0.2) is 0 Å². The predicted molar refractivity (Wildman–Crippen MR) is 45.1 cm³/mol. The smallest absolute Gasteiger partial charge is 0.341 e. The molecule has 0 aromatic heterocycles. The minimum absolute atomic E-state index is 0.370. The van der Waals surface area contributed by atoms with Gasteiger partial charge in [-0.25, -0.2) is 19.2 Å². The van der Waals surface area contributed by atoms with Gasteiger partial charge >= 0.3 is 23.9 Å². The number of rotatable bonds is 0. The molecule has 2 heterocycles. The van der Waals surface area contributed by atoms with E-state index in [1.807, 2.05) is 0 Å². The van der Waals surface area contributed by atoms with Crippen molar-refractivity contribution in [2.24, 2.45) is 0 Å². The summed E-state index contributed by atoms with van der Waals surface area (Å²) in [5.74, 6) is -2.25. The summed E-state index contributed by atoms with van der Waals surface area (Å²) in [5.41, 5.74) is 0.370. The molecule has 0 bridgehead atoms. The van der Waals surface area contributed by atoms with Crippen LogP contribution < -0.4 is 0 Å². The van der Waals surface area contributed by atoms with Crippen LogP contribution in [0.1, 0.15) is 6.92 Å². The highest BCUT2D eigenvalue weighted by Crippen LogP contribution is 2.04. The van der Waals surface area contributed by atoms with Crippen molar-refractivity contribution in [3.8, 4) is 0 Å². The summed E-state index contributed by atoms with van der Waals surface area (Å²) < 4.78 is 8.08. The van der Waals surface area contributed by atoms with Gasteiger partial charge in [0, 0.05) is 23.8 Å². The molecule has 0 amide bonds. The Hall–Kier alpha value is -2.24. The van der Waals surface area contributed by atoms with E-state index in [9.17, 15) is 19.2 Å². The van der Waals surface area contributed by atoms with Crippen LogP contribution in [0.4, 0.5) is 0 Å². The average Bonchev–Trinajstić information content (AvgIpc) is 2.61. The molecule has 0 unspecified atom stereocenters. The van der Waals surface area contributed by atoms with Crippen molar-refractivity contribution in [1.82, 2.24) is 0 Å². The monoisotopic (exact) mass is 210 g/mol. The van der Waals surface area contributed by atoms with Crippen LogP contribution in [-0.2, 0) is 28.7 Å². The molecule has 0 saturated carbocycles. The fourth-order valence-corrected chi connectivity index (χ4v) is 0.740. The zero-order valence-electron chi connectivity index (χ0n) is 7.68. The van der Waals surface area contributed by atoms with Crippen molar-refractivity contribution in [1.29, 1.82) is 0 Å². The number of carbonyl (C=O) groups excluding carboxylic acids is 4. The molecule has 6 heteroatoms. The van der Waals surface area contributed by atoms with Crippen LogP contribution >= 0.6 is 0 Å². The summed E-state index contributed by atoms with van der Waals surface area (Å²) in [7, 11) is 0. The molecule has 2 aliphatic heterocycles. The summed E-state index contributed by atoms with van der Waals surface area (Å²) in [6, 6.07) is 0. The molecule has 15 heavy (non-hydrogen) atoms. The van der Waals surface area contributed by atoms with Gasteiger partial charge in [-0.15, -0.1) is 0 Å². The van der Waals surface area contributed by atoms with E-state index >= 15 is 0 Å². The Bertz CT molecular complexity index is 385. The second-order valence-electron chi connectivity index (χ2n) is 2.61. The SMILES string of the molecule is CC1=CC(=O)OC1=O.O=C1C=CC(=O)O1. The fraction of sp³-hybridized carbons (Fsp3) is 0.111. The van der Waals surface area contributed by atoms with E-state index in [4.69, 9.17) is 0 Å². The highest BCUT2D eigenvalue weighted by molar-refractivity contribution is 6.08. The largest absolute Gasteiger partial charge is 0.387 e. The molecular formula is C9H6O6. The standard InChI is InChI=1S/C5H4O3.C4H2O3/c1-3-2-4(6)8-5(3)7;5-3-1-2-4(6)7-3/h2H,1H3;1-2H. The van der Waals surface area contributed by atoms with Crippen LogP contribution in [-0.4, -0.2) is 23.9 Å². The second kappa shape index (κ2) is 4.32. The van der Waals surface area contributed by atoms with Gasteiger partial charge in [0.2, 0.25) is 0 Å². The molecule has 0 aromatic rings. The van der Waals surface area contributed by atoms with Crippen LogP contribution in [0.2, 0.25) is 0 Å². The quantitative estimate of drug-likeness (QED) is 0.401. The summed E-state index contributed by atoms with van der Waals surface area (Å²) in [5, 5.41) is 0. The van der Waals surface area contributed by atoms with Crippen molar-refractivity contribution < 1.29 is 28.7 Å². The first kappa shape index (κ1) is 10.8. The van der Waals surface area contributed by atoms with Gasteiger partial charge in [-0.3, -0.25) is 0 Å². The third kappa shape index (κ3) is 3.18. The number of hydrogen-bond acceptors (Lipinski definition) is 6. The zero-order chi connectivity index (χ0) is 11.4. The lowest BCUT2D eigenvalue weighted by Gasteiger charge is -1.83. The molecule has 0 atom stereocenters. The molecule has 2 aliphatic rings. The maximum absolute atomic E-state index is 10.3. The molecule has 0 aromatic carbocycles. The molecule has 0 fully saturated rings. The van der Waals surface area contributed by atoms with Crippen LogP contribution in [0.25, 0.3) is 0 Å². The van der Waals surface area contributed by atoms with Crippen molar-refractivity contribution in [2.75, 3.05) is 0 Å². The number of esters is 4. The van der Waals surface area contributed by atoms with Crippen LogP contribution in [0.15, 0.2) is 23.8 Å². The molecule has 78 valence electrons. The van der Waals surface area contributed by atoms with Crippen molar-refractivity contribution in [3.05, 3.63) is 23.8 Å². The van der Waals surface area contributed by atoms with E-state index in [-0.39, 0.29) is 0 Å². The molecule has 0 aliphatic carbocycles. The van der Waals surface area contributed by atoms with E-state index in [2.05, 4.69) is 9.47 Å². The lowest BCUT2D eigenvalue weighted by atomic mass is 10.3. The molecule has 0 spiro atoms. The number of cyclic esters (lactones) is 4. The summed E-state index contributed by atoms with van der Waals surface area (Å²) in [6.45, 7) is 1.53. The van der Waals surface area contributed by atoms with Gasteiger partial charge in [0.05, 0.1) is 0 Å². The maximum Gasteiger partial charge on any atom is 0.341 e. The molecule has 0 saturated heterocycles. The average molecular weight is 210 g/mol. The van der Waals surface area contributed by atoms with Crippen LogP contribution in [0.3, 0.4) is 0 Å². The van der Waals surface area contributed by atoms with E-state index < -0.39 is 23.9 Å². The lowest BCUT2D eigenvalue weighted by Crippen LogP contribution is -1.99. The predicted octanol–water partition coefficient (Wildman–Crippen LogP) is -0.358. The lowest BCUT2D eigenvalue weighted by molar-refractivity contribution is -0.152. The van der Waals surface area contributed by atoms with Gasteiger partial charge in [-0.2, -0.15) is 0 Å². The third-order valence-corrected chi connectivity index (χ3v) is 1.41. The van der Waals surface area contributed by atoms with E-state index in [1.165, 1.54) is 13.0 Å². The molecule has 0 radical (unpaired) electrons. The maximum atomic E-state index is 10.3. The van der Waals surface area contributed by atoms with Gasteiger partial charge in [-0.05, 0) is 6.92 Å². The Morgan fingerprint density at radius 1 is 0.867 bits per heavy atom. The van der Waals surface area contributed by atoms with Crippen molar-refractivity contribution >= 4 is 23.9 Å². The second-order valence-corrected chi connectivity index (χ2v) is 2.61. The molecule has 2 rings (SSSR count). The van der Waals surface area contributed by atoms with Crippen LogP contribution in [0, 0.1) is 0 Å². The van der Waals surface area contributed by atoms with E-state index in [0.717, 1.165) is 12.2 Å². The normalized spacial score (nSPS) is 18.1. The summed E-state index contributed by atoms with van der Waals surface area (Å²) >= 11 is 0. The van der Waals surface area contributed by atoms with Gasteiger partial charge < -0.3 is 9.47 Å². The van der Waals surface area contributed by atoms with Gasteiger partial charge in [0.1, 0.15) is 0 Å². The number of hydrogen-bond donors (Lipinski definition) is 0. The fourth-order valence-electron chi connectivity index (χ4n) is 0.740. The molecule has 0 N–H and O–H groups in total. The Balaban J connectivity index is 0.000000151. The Labute approximate surface area is 84.1 Å². The minimum Gasteiger partial charge on any atom is -0.387 e. The molecular weight excluding hydrogens is 204 g/mol. The zero-order valence-corrected chi connectivity index (χ0v) is 7.68. The Morgan fingerprint density at radius 2 is 1.40 bits per heavy atom. The number of ether oxygens (including phenoxy) is 2. The third-order valence-electron chi connectivity index (χ3n) is 1.41. The Morgan fingerprint density at radius 3 is 1.53 bits per heavy atom. The van der Waals surface area contributed by atoms with E-state index in [0.29, 0.717) is 5.57 Å². The van der Waals surface area contributed by atoms with Crippen LogP contribution in [0.5, 0.6) is 0 Å². The van der Waals surface area contributed by atoms with Gasteiger partial charge in [0.25, 0.3) is 0 Å². The highest BCUT2D eigenvalue weighted by Gasteiger charge is 2.18. The summed E-state index contributed by atoms with van der Waals surface area (Å²) in [4.78, 5) is 40.3. The highest BCUT2D eigenvalue weighted by atomic mass is 16.6. The first-order valence-corrected chi connectivity index (χ1v) is 3.87. The van der Waals surface area contributed by atoms with Crippen molar-refractivity contribution in [3.63, 3.8) is 0 Å². The van der Waals surface area contributed by atoms with Crippen molar-refractivity contribution in [2.45, 2.75) is 6.92 Å². The van der Waals surface area contributed by atoms with Gasteiger partial charge in [-0.1, -0.05) is 0 Å². The topological polar surface area (TPSA) is 86.7 Å². The Kier molecular flexibility index (Phi) is 3.12. The first-order valence-electron chi connectivity index (χ1n) is 3.87. The number of carbonyl (C=O) groups is 4.